The maximum absolute atomic E-state index is 10.4. The largest absolute Gasteiger partial charge is 0.513 e. The average Bonchev–Trinajstić information content (AvgIpc) is 1.81. The van der Waals surface area contributed by atoms with E-state index in [2.05, 4.69) is 0 Å². The van der Waals surface area contributed by atoms with Crippen molar-refractivity contribution in [2.24, 2.45) is 0 Å². The Labute approximate surface area is 74.6 Å². The van der Waals surface area contributed by atoms with E-state index in [1.54, 1.807) is 0 Å². The zero-order chi connectivity index (χ0) is 10.6. The third-order valence-electron chi connectivity index (χ3n) is 1.25. The van der Waals surface area contributed by atoms with Gasteiger partial charge in [0.15, 0.2) is 0 Å². The van der Waals surface area contributed by atoms with Gasteiger partial charge in [-0.3, -0.25) is 0 Å². The Balaban J connectivity index is 5.23. The van der Waals surface area contributed by atoms with E-state index >= 15 is 0 Å². The highest BCUT2D eigenvalue weighted by Gasteiger charge is 2.18. The summed E-state index contributed by atoms with van der Waals surface area (Å²) in [5.74, 6) is -3.19. The molecule has 0 amide bonds. The second-order valence-electron chi connectivity index (χ2n) is 2.45. The molecule has 0 saturated heterocycles. The van der Waals surface area contributed by atoms with Gasteiger partial charge in [-0.25, -0.2) is 9.59 Å². The molecule has 0 heterocycles. The average molecular weight is 186 g/mol. The number of allylic oxidation sites excluding steroid dienone is 3. The van der Waals surface area contributed by atoms with Gasteiger partial charge in [0.25, 0.3) is 0 Å². The van der Waals surface area contributed by atoms with E-state index < -0.39 is 17.5 Å². The first-order valence-corrected chi connectivity index (χ1v) is 3.41. The van der Waals surface area contributed by atoms with Crippen molar-refractivity contribution < 1.29 is 24.9 Å². The fraction of sp³-hybridized carbons (Fsp3) is 0.250. The van der Waals surface area contributed by atoms with Crippen LogP contribution in [-0.2, 0) is 9.59 Å². The van der Waals surface area contributed by atoms with Gasteiger partial charge < -0.3 is 15.3 Å². The highest BCUT2D eigenvalue weighted by Crippen LogP contribution is 2.08. The molecular formula is C8H10O5. The first-order valence-electron chi connectivity index (χ1n) is 3.41. The van der Waals surface area contributed by atoms with Crippen LogP contribution in [0.2, 0.25) is 0 Å². The van der Waals surface area contributed by atoms with Crippen LogP contribution in [0.4, 0.5) is 0 Å². The maximum Gasteiger partial charge on any atom is 0.343 e. The fourth-order valence-corrected chi connectivity index (χ4v) is 0.814. The smallest absolute Gasteiger partial charge is 0.343 e. The van der Waals surface area contributed by atoms with Crippen LogP contribution in [0.15, 0.2) is 23.0 Å². The summed E-state index contributed by atoms with van der Waals surface area (Å²) in [6.07, 6.45) is 1.08. The van der Waals surface area contributed by atoms with Gasteiger partial charge in [0, 0.05) is 0 Å². The Morgan fingerprint density at radius 2 is 1.38 bits per heavy atom. The lowest BCUT2D eigenvalue weighted by Crippen LogP contribution is -2.13. The minimum absolute atomic E-state index is 0.000000000000000444. The third-order valence-corrected chi connectivity index (χ3v) is 1.25. The van der Waals surface area contributed by atoms with E-state index in [0.717, 1.165) is 6.08 Å². The van der Waals surface area contributed by atoms with Crippen molar-refractivity contribution >= 4 is 11.9 Å². The topological polar surface area (TPSA) is 94.8 Å². The molecule has 0 aromatic carbocycles. The second kappa shape index (κ2) is 4.30. The van der Waals surface area contributed by atoms with E-state index in [-0.39, 0.29) is 11.3 Å². The molecule has 3 N–H and O–H groups in total. The molecular weight excluding hydrogens is 176 g/mol. The SMILES string of the molecule is CC(/C=C(/C)O)=C(C(=O)O)C(=O)O. The van der Waals surface area contributed by atoms with Crippen molar-refractivity contribution in [3.8, 4) is 0 Å². The number of carboxylic acids is 2. The van der Waals surface area contributed by atoms with Crippen LogP contribution >= 0.6 is 0 Å². The highest BCUT2D eigenvalue weighted by atomic mass is 16.4. The number of rotatable bonds is 3. The molecule has 0 aliphatic rings. The summed E-state index contributed by atoms with van der Waals surface area (Å²) in [5, 5.41) is 25.7. The van der Waals surface area contributed by atoms with Gasteiger partial charge in [-0.1, -0.05) is 0 Å². The molecule has 0 unspecified atom stereocenters. The normalized spacial score (nSPS) is 10.8. The Morgan fingerprint density at radius 3 is 1.62 bits per heavy atom. The zero-order valence-corrected chi connectivity index (χ0v) is 7.24. The molecule has 0 bridgehead atoms. The van der Waals surface area contributed by atoms with E-state index in [1.165, 1.54) is 13.8 Å². The van der Waals surface area contributed by atoms with Crippen LogP contribution in [0.1, 0.15) is 13.8 Å². The highest BCUT2D eigenvalue weighted by molar-refractivity contribution is 6.13. The predicted octanol–water partition coefficient (Wildman–Crippen LogP) is 0.934. The number of carbonyl (C=O) groups is 2. The summed E-state index contributed by atoms with van der Waals surface area (Å²) in [4.78, 5) is 20.8. The number of aliphatic hydroxyl groups excluding tert-OH is 1. The number of aliphatic hydroxyl groups is 1. The molecule has 5 heteroatoms. The number of hydrogen-bond donors (Lipinski definition) is 3. The van der Waals surface area contributed by atoms with Crippen LogP contribution in [0.3, 0.4) is 0 Å². The van der Waals surface area contributed by atoms with E-state index in [4.69, 9.17) is 15.3 Å². The van der Waals surface area contributed by atoms with Gasteiger partial charge in [0.1, 0.15) is 5.57 Å². The summed E-state index contributed by atoms with van der Waals surface area (Å²) in [7, 11) is 0. The lowest BCUT2D eigenvalue weighted by atomic mass is 10.1. The van der Waals surface area contributed by atoms with E-state index in [1.807, 2.05) is 0 Å². The second-order valence-corrected chi connectivity index (χ2v) is 2.45. The third kappa shape index (κ3) is 3.42. The minimum atomic E-state index is -1.53. The standard InChI is InChI=1S/C8H10O5/c1-4(3-5(2)9)6(7(10)11)8(12)13/h3,9H,1-2H3,(H,10,11)(H,12,13)/b5-3-. The quantitative estimate of drug-likeness (QED) is 0.200. The Hall–Kier alpha value is -1.78. The predicted molar refractivity (Wildman–Crippen MR) is 44.4 cm³/mol. The molecule has 0 aliphatic heterocycles. The lowest BCUT2D eigenvalue weighted by molar-refractivity contribution is -0.140. The molecule has 13 heavy (non-hydrogen) atoms. The summed E-state index contributed by atoms with van der Waals surface area (Å²) in [6.45, 7) is 2.63. The Morgan fingerprint density at radius 1 is 1.00 bits per heavy atom. The number of aliphatic carboxylic acids is 2. The van der Waals surface area contributed by atoms with Crippen LogP contribution in [0.5, 0.6) is 0 Å². The molecule has 0 atom stereocenters. The lowest BCUT2D eigenvalue weighted by Gasteiger charge is -1.98. The molecule has 0 aromatic rings. The molecule has 0 aliphatic carbocycles. The zero-order valence-electron chi connectivity index (χ0n) is 7.24. The minimum Gasteiger partial charge on any atom is -0.513 e. The number of hydrogen-bond acceptors (Lipinski definition) is 3. The van der Waals surface area contributed by atoms with E-state index in [9.17, 15) is 9.59 Å². The van der Waals surface area contributed by atoms with E-state index in [0.29, 0.717) is 0 Å². The van der Waals surface area contributed by atoms with Gasteiger partial charge in [0.05, 0.1) is 5.76 Å². The molecule has 5 nitrogen and oxygen atoms in total. The Kier molecular flexibility index (Phi) is 3.71. The first kappa shape index (κ1) is 11.2. The summed E-state index contributed by atoms with van der Waals surface area (Å²) in [6, 6.07) is 0. The van der Waals surface area contributed by atoms with Gasteiger partial charge in [-0.2, -0.15) is 0 Å². The van der Waals surface area contributed by atoms with Gasteiger partial charge in [0.2, 0.25) is 0 Å². The molecule has 72 valence electrons. The van der Waals surface area contributed by atoms with Crippen LogP contribution < -0.4 is 0 Å². The molecule has 0 spiro atoms. The molecule has 0 rings (SSSR count). The first-order chi connectivity index (χ1) is 5.86. The monoisotopic (exact) mass is 186 g/mol. The fourth-order valence-electron chi connectivity index (χ4n) is 0.814. The van der Waals surface area contributed by atoms with Crippen molar-refractivity contribution in [3.63, 3.8) is 0 Å². The summed E-state index contributed by atoms with van der Waals surface area (Å²) >= 11 is 0. The van der Waals surface area contributed by atoms with Gasteiger partial charge in [-0.15, -0.1) is 0 Å². The van der Waals surface area contributed by atoms with Crippen molar-refractivity contribution in [3.05, 3.63) is 23.0 Å². The summed E-state index contributed by atoms with van der Waals surface area (Å²) < 4.78 is 0. The van der Waals surface area contributed by atoms with Crippen molar-refractivity contribution in [2.45, 2.75) is 13.8 Å². The van der Waals surface area contributed by atoms with Gasteiger partial charge in [-0.05, 0) is 25.5 Å². The van der Waals surface area contributed by atoms with Crippen molar-refractivity contribution in [1.82, 2.24) is 0 Å². The molecule has 0 radical (unpaired) electrons. The summed E-state index contributed by atoms with van der Waals surface area (Å²) in [5.41, 5.74) is -0.742. The van der Waals surface area contributed by atoms with Crippen LogP contribution in [-0.4, -0.2) is 27.3 Å². The molecule has 0 saturated carbocycles. The Bertz CT molecular complexity index is 278. The van der Waals surface area contributed by atoms with Crippen LogP contribution in [0.25, 0.3) is 0 Å². The van der Waals surface area contributed by atoms with Gasteiger partial charge >= 0.3 is 11.9 Å². The number of carboxylic acid groups (broad SMARTS) is 2. The molecule has 0 aromatic heterocycles. The van der Waals surface area contributed by atoms with Crippen LogP contribution in [0, 0.1) is 0 Å². The molecule has 0 fully saturated rings. The van der Waals surface area contributed by atoms with Crippen molar-refractivity contribution in [1.29, 1.82) is 0 Å². The maximum atomic E-state index is 10.4. The van der Waals surface area contributed by atoms with Crippen molar-refractivity contribution in [2.75, 3.05) is 0 Å².